The van der Waals surface area contributed by atoms with Crippen molar-refractivity contribution >= 4 is 5.91 Å². The average molecular weight is 233 g/mol. The monoisotopic (exact) mass is 233 g/mol. The van der Waals surface area contributed by atoms with Crippen LogP contribution in [0.5, 0.6) is 0 Å². The number of rotatable bonds is 4. The minimum Gasteiger partial charge on any atom is -0.352 e. The molecule has 0 aliphatic carbocycles. The summed E-state index contributed by atoms with van der Waals surface area (Å²) < 4.78 is 0. The molecule has 2 heterocycles. The van der Waals surface area contributed by atoms with Gasteiger partial charge in [0, 0.05) is 24.5 Å². The maximum atomic E-state index is 11.8. The zero-order valence-corrected chi connectivity index (χ0v) is 10.2. The van der Waals surface area contributed by atoms with Crippen LogP contribution in [0.3, 0.4) is 0 Å². The van der Waals surface area contributed by atoms with Crippen molar-refractivity contribution in [1.82, 2.24) is 15.6 Å². The average Bonchev–Trinajstić information content (AvgIpc) is 2.83. The topological polar surface area (TPSA) is 54.0 Å². The van der Waals surface area contributed by atoms with Gasteiger partial charge in [0.25, 0.3) is 5.91 Å². The van der Waals surface area contributed by atoms with Crippen LogP contribution in [-0.4, -0.2) is 30.0 Å². The molecule has 17 heavy (non-hydrogen) atoms. The van der Waals surface area contributed by atoms with E-state index >= 15 is 0 Å². The maximum absolute atomic E-state index is 11.8. The van der Waals surface area contributed by atoms with Gasteiger partial charge in [-0.05, 0) is 44.9 Å². The van der Waals surface area contributed by atoms with Gasteiger partial charge in [-0.15, -0.1) is 0 Å². The fourth-order valence-electron chi connectivity index (χ4n) is 2.07. The van der Waals surface area contributed by atoms with E-state index in [1.165, 1.54) is 12.8 Å². The summed E-state index contributed by atoms with van der Waals surface area (Å²) in [5.41, 5.74) is 1.56. The fraction of sp³-hybridized carbons (Fsp3) is 0.538. The molecule has 2 N–H and O–H groups in total. The predicted molar refractivity (Wildman–Crippen MR) is 66.9 cm³/mol. The summed E-state index contributed by atoms with van der Waals surface area (Å²) >= 11 is 0. The van der Waals surface area contributed by atoms with Crippen LogP contribution in [0.4, 0.5) is 0 Å². The van der Waals surface area contributed by atoms with E-state index in [4.69, 9.17) is 0 Å². The summed E-state index contributed by atoms with van der Waals surface area (Å²) in [6.45, 7) is 3.75. The van der Waals surface area contributed by atoms with Crippen molar-refractivity contribution < 1.29 is 4.79 Å². The standard InChI is InChI=1S/C13H19N3O/c1-10-4-5-11(9-16-10)13(17)15-8-6-12-3-2-7-14-12/h4-5,9,12,14H,2-3,6-8H2,1H3,(H,15,17). The van der Waals surface area contributed by atoms with Crippen molar-refractivity contribution in [2.75, 3.05) is 13.1 Å². The lowest BCUT2D eigenvalue weighted by Gasteiger charge is -2.10. The number of hydrogen-bond donors (Lipinski definition) is 2. The molecule has 4 heteroatoms. The second-order valence-electron chi connectivity index (χ2n) is 4.53. The van der Waals surface area contributed by atoms with Gasteiger partial charge in [-0.2, -0.15) is 0 Å². The first-order chi connectivity index (χ1) is 8.25. The van der Waals surface area contributed by atoms with Gasteiger partial charge in [-0.1, -0.05) is 0 Å². The minimum atomic E-state index is -0.0319. The van der Waals surface area contributed by atoms with Gasteiger partial charge in [0.2, 0.25) is 0 Å². The molecule has 1 aromatic rings. The Morgan fingerprint density at radius 2 is 2.47 bits per heavy atom. The lowest BCUT2D eigenvalue weighted by Crippen LogP contribution is -2.30. The van der Waals surface area contributed by atoms with Gasteiger partial charge in [0.1, 0.15) is 0 Å². The Morgan fingerprint density at radius 3 is 3.12 bits per heavy atom. The van der Waals surface area contributed by atoms with Crippen LogP contribution in [-0.2, 0) is 0 Å². The van der Waals surface area contributed by atoms with Crippen LogP contribution in [0, 0.1) is 6.92 Å². The number of carbonyl (C=O) groups is 1. The number of nitrogens with zero attached hydrogens (tertiary/aromatic N) is 1. The van der Waals surface area contributed by atoms with E-state index in [9.17, 15) is 4.79 Å². The number of aryl methyl sites for hydroxylation is 1. The fourth-order valence-corrected chi connectivity index (χ4v) is 2.07. The van der Waals surface area contributed by atoms with Gasteiger partial charge in [-0.25, -0.2) is 0 Å². The van der Waals surface area contributed by atoms with Gasteiger partial charge in [0.05, 0.1) is 5.56 Å². The molecule has 1 saturated heterocycles. The lowest BCUT2D eigenvalue weighted by atomic mass is 10.1. The molecular weight excluding hydrogens is 214 g/mol. The van der Waals surface area contributed by atoms with Crippen LogP contribution in [0.2, 0.25) is 0 Å². The van der Waals surface area contributed by atoms with E-state index in [-0.39, 0.29) is 5.91 Å². The second-order valence-corrected chi connectivity index (χ2v) is 4.53. The van der Waals surface area contributed by atoms with E-state index in [1.54, 1.807) is 6.20 Å². The normalized spacial score (nSPS) is 19.2. The minimum absolute atomic E-state index is 0.0319. The molecule has 2 rings (SSSR count). The van der Waals surface area contributed by atoms with Crippen molar-refractivity contribution in [3.8, 4) is 0 Å². The van der Waals surface area contributed by atoms with E-state index in [0.717, 1.165) is 25.2 Å². The molecule has 0 saturated carbocycles. The highest BCUT2D eigenvalue weighted by Crippen LogP contribution is 2.07. The van der Waals surface area contributed by atoms with Crippen LogP contribution < -0.4 is 10.6 Å². The highest BCUT2D eigenvalue weighted by molar-refractivity contribution is 5.93. The number of nitrogens with one attached hydrogen (secondary N) is 2. The Hall–Kier alpha value is -1.42. The second kappa shape index (κ2) is 5.77. The summed E-state index contributed by atoms with van der Waals surface area (Å²) in [7, 11) is 0. The molecule has 1 atom stereocenters. The van der Waals surface area contributed by atoms with Crippen molar-refractivity contribution in [2.45, 2.75) is 32.2 Å². The van der Waals surface area contributed by atoms with Crippen molar-refractivity contribution in [2.24, 2.45) is 0 Å². The molecule has 0 radical (unpaired) electrons. The summed E-state index contributed by atoms with van der Waals surface area (Å²) in [5, 5.41) is 6.34. The number of amides is 1. The van der Waals surface area contributed by atoms with E-state index < -0.39 is 0 Å². The molecule has 4 nitrogen and oxygen atoms in total. The first-order valence-corrected chi connectivity index (χ1v) is 6.20. The SMILES string of the molecule is Cc1ccc(C(=O)NCCC2CCCN2)cn1. The van der Waals surface area contributed by atoms with Crippen LogP contribution >= 0.6 is 0 Å². The van der Waals surface area contributed by atoms with Crippen molar-refractivity contribution in [1.29, 1.82) is 0 Å². The van der Waals surface area contributed by atoms with E-state index in [2.05, 4.69) is 15.6 Å². The third-order valence-corrected chi connectivity index (χ3v) is 3.11. The Bertz CT molecular complexity index is 369. The highest BCUT2D eigenvalue weighted by Gasteiger charge is 2.13. The Kier molecular flexibility index (Phi) is 4.09. The molecule has 0 bridgehead atoms. The van der Waals surface area contributed by atoms with Gasteiger partial charge in [-0.3, -0.25) is 9.78 Å². The molecule has 1 aliphatic heterocycles. The van der Waals surface area contributed by atoms with Gasteiger partial charge < -0.3 is 10.6 Å². The van der Waals surface area contributed by atoms with Crippen LogP contribution in [0.15, 0.2) is 18.3 Å². The Morgan fingerprint density at radius 1 is 1.59 bits per heavy atom. The zero-order chi connectivity index (χ0) is 12.1. The van der Waals surface area contributed by atoms with Crippen molar-refractivity contribution in [3.05, 3.63) is 29.6 Å². The molecule has 0 spiro atoms. The molecule has 1 aromatic heterocycles. The van der Waals surface area contributed by atoms with Crippen LogP contribution in [0.25, 0.3) is 0 Å². The van der Waals surface area contributed by atoms with Crippen LogP contribution in [0.1, 0.15) is 35.3 Å². The summed E-state index contributed by atoms with van der Waals surface area (Å²) in [5.74, 6) is -0.0319. The largest absolute Gasteiger partial charge is 0.352 e. The summed E-state index contributed by atoms with van der Waals surface area (Å²) in [6, 6.07) is 4.24. The number of pyridine rings is 1. The molecule has 1 aliphatic rings. The smallest absolute Gasteiger partial charge is 0.252 e. The molecule has 92 valence electrons. The quantitative estimate of drug-likeness (QED) is 0.823. The molecule has 1 amide bonds. The zero-order valence-electron chi connectivity index (χ0n) is 10.2. The third-order valence-electron chi connectivity index (χ3n) is 3.11. The Labute approximate surface area is 102 Å². The number of aromatic nitrogens is 1. The molecule has 1 fully saturated rings. The van der Waals surface area contributed by atoms with Crippen molar-refractivity contribution in [3.63, 3.8) is 0 Å². The Balaban J connectivity index is 1.75. The lowest BCUT2D eigenvalue weighted by molar-refractivity contribution is 0.0952. The first kappa shape index (κ1) is 12.0. The highest BCUT2D eigenvalue weighted by atomic mass is 16.1. The van der Waals surface area contributed by atoms with Gasteiger partial charge in [0.15, 0.2) is 0 Å². The predicted octanol–water partition coefficient (Wildman–Crippen LogP) is 1.26. The summed E-state index contributed by atoms with van der Waals surface area (Å²) in [4.78, 5) is 15.9. The summed E-state index contributed by atoms with van der Waals surface area (Å²) in [6.07, 6.45) is 5.10. The first-order valence-electron chi connectivity index (χ1n) is 6.20. The third kappa shape index (κ3) is 3.53. The molecule has 1 unspecified atom stereocenters. The van der Waals surface area contributed by atoms with E-state index in [1.807, 2.05) is 19.1 Å². The van der Waals surface area contributed by atoms with E-state index in [0.29, 0.717) is 11.6 Å². The maximum Gasteiger partial charge on any atom is 0.252 e. The van der Waals surface area contributed by atoms with Gasteiger partial charge >= 0.3 is 0 Å². The number of hydrogen-bond acceptors (Lipinski definition) is 3. The molecular formula is C13H19N3O. The molecule has 0 aromatic carbocycles. The number of carbonyl (C=O) groups excluding carboxylic acids is 1.